The van der Waals surface area contributed by atoms with E-state index in [-0.39, 0.29) is 11.9 Å². The van der Waals surface area contributed by atoms with Gasteiger partial charge in [0.2, 0.25) is 5.91 Å². The lowest BCUT2D eigenvalue weighted by Gasteiger charge is -2.26. The highest BCUT2D eigenvalue weighted by Crippen LogP contribution is 2.26. The van der Waals surface area contributed by atoms with Gasteiger partial charge in [-0.1, -0.05) is 28.9 Å². The van der Waals surface area contributed by atoms with Crippen molar-refractivity contribution in [3.05, 3.63) is 64.3 Å². The number of carbonyl (C=O) groups excluding carboxylic acids is 1. The maximum Gasteiger partial charge on any atom is 0.223 e. The Morgan fingerprint density at radius 2 is 2.15 bits per heavy atom. The summed E-state index contributed by atoms with van der Waals surface area (Å²) >= 11 is 6.11. The van der Waals surface area contributed by atoms with Gasteiger partial charge in [-0.15, -0.1) is 0 Å². The third kappa shape index (κ3) is 5.63. The summed E-state index contributed by atoms with van der Waals surface area (Å²) in [5.74, 6) is 1.83. The number of aliphatic imine (C=N–C) groups is 1. The van der Waals surface area contributed by atoms with E-state index in [1.54, 1.807) is 7.05 Å². The molecule has 1 N–H and O–H groups in total. The van der Waals surface area contributed by atoms with Crippen LogP contribution in [0.1, 0.15) is 42.7 Å². The molecule has 174 valence electrons. The summed E-state index contributed by atoms with van der Waals surface area (Å²) in [6.45, 7) is 3.72. The SMILES string of the molecule is CN=CCC/C=C(/NCc1cc(C)on1)N1CC(N2CCCC2=O)C(c2ccc(Cl)cc2)=N1. The molecule has 8 nitrogen and oxygen atoms in total. The van der Waals surface area contributed by atoms with Crippen LogP contribution in [0.15, 0.2) is 56.8 Å². The van der Waals surface area contributed by atoms with Gasteiger partial charge in [-0.3, -0.25) is 4.79 Å². The first-order valence-corrected chi connectivity index (χ1v) is 11.6. The van der Waals surface area contributed by atoms with Crippen molar-refractivity contribution in [1.29, 1.82) is 0 Å². The third-order valence-electron chi connectivity index (χ3n) is 5.74. The van der Waals surface area contributed by atoms with Gasteiger partial charge in [0, 0.05) is 36.7 Å². The van der Waals surface area contributed by atoms with E-state index >= 15 is 0 Å². The zero-order valence-corrected chi connectivity index (χ0v) is 19.8. The predicted octanol–water partition coefficient (Wildman–Crippen LogP) is 3.76. The second kappa shape index (κ2) is 10.7. The molecule has 4 rings (SSSR count). The molecule has 0 saturated carbocycles. The lowest BCUT2D eigenvalue weighted by molar-refractivity contribution is -0.128. The zero-order chi connectivity index (χ0) is 23.2. The number of allylic oxidation sites excluding steroid dienone is 1. The number of amides is 1. The fourth-order valence-electron chi connectivity index (χ4n) is 4.13. The molecule has 2 aromatic rings. The number of aromatic nitrogens is 1. The van der Waals surface area contributed by atoms with Crippen molar-refractivity contribution < 1.29 is 9.32 Å². The fourth-order valence-corrected chi connectivity index (χ4v) is 4.26. The standard InChI is InChI=1S/C24H29ClN6O2/c1-17-14-20(29-33-17)15-27-22(6-3-4-12-26-2)31-16-21(30-13-5-7-23(30)32)24(28-31)18-8-10-19(25)11-9-18/h6,8-12,14,21,27H,3-5,7,13,15-16H2,1-2H3/b22-6-,26-12?. The number of unbranched alkanes of at least 4 members (excludes halogenated alkanes) is 1. The Bertz CT molecular complexity index is 1060. The van der Waals surface area contributed by atoms with Crippen LogP contribution < -0.4 is 5.32 Å². The molecule has 1 unspecified atom stereocenters. The number of rotatable bonds is 9. The molecule has 0 radical (unpaired) electrons. The van der Waals surface area contributed by atoms with E-state index in [2.05, 4.69) is 21.5 Å². The number of aryl methyl sites for hydroxylation is 1. The molecule has 1 fully saturated rings. The number of hydrazone groups is 1. The average molecular weight is 469 g/mol. The molecular formula is C24H29ClN6O2. The van der Waals surface area contributed by atoms with Crippen molar-refractivity contribution in [2.75, 3.05) is 20.1 Å². The molecule has 1 atom stereocenters. The third-order valence-corrected chi connectivity index (χ3v) is 5.99. The number of likely N-dealkylation sites (tertiary alicyclic amines) is 1. The minimum Gasteiger partial charge on any atom is -0.365 e. The predicted molar refractivity (Wildman–Crippen MR) is 129 cm³/mol. The van der Waals surface area contributed by atoms with Crippen LogP contribution in [0.25, 0.3) is 0 Å². The number of benzene rings is 1. The van der Waals surface area contributed by atoms with Crippen molar-refractivity contribution in [2.45, 2.75) is 45.2 Å². The largest absolute Gasteiger partial charge is 0.365 e. The van der Waals surface area contributed by atoms with Crippen LogP contribution >= 0.6 is 11.6 Å². The van der Waals surface area contributed by atoms with Crippen molar-refractivity contribution in [1.82, 2.24) is 20.4 Å². The Balaban J connectivity index is 1.61. The Morgan fingerprint density at radius 3 is 2.82 bits per heavy atom. The van der Waals surface area contributed by atoms with Crippen LogP contribution in [0.2, 0.25) is 5.02 Å². The van der Waals surface area contributed by atoms with Crippen molar-refractivity contribution in [2.24, 2.45) is 10.1 Å². The molecule has 9 heteroatoms. The average Bonchev–Trinajstić information content (AvgIpc) is 3.53. The Kier molecular flexibility index (Phi) is 7.44. The van der Waals surface area contributed by atoms with Gasteiger partial charge in [0.1, 0.15) is 17.3 Å². The summed E-state index contributed by atoms with van der Waals surface area (Å²) in [4.78, 5) is 18.6. The molecule has 1 amide bonds. The molecule has 1 saturated heterocycles. The summed E-state index contributed by atoms with van der Waals surface area (Å²) < 4.78 is 5.19. The second-order valence-electron chi connectivity index (χ2n) is 8.17. The number of carbonyl (C=O) groups is 1. The highest BCUT2D eigenvalue weighted by molar-refractivity contribution is 6.30. The first-order chi connectivity index (χ1) is 16.0. The highest BCUT2D eigenvalue weighted by atomic mass is 35.5. The first-order valence-electron chi connectivity index (χ1n) is 11.2. The minimum atomic E-state index is -0.113. The molecule has 0 aliphatic carbocycles. The monoisotopic (exact) mass is 468 g/mol. The molecule has 0 spiro atoms. The molecule has 33 heavy (non-hydrogen) atoms. The number of nitrogens with zero attached hydrogens (tertiary/aromatic N) is 5. The highest BCUT2D eigenvalue weighted by Gasteiger charge is 2.38. The van der Waals surface area contributed by atoms with Crippen LogP contribution in [0.4, 0.5) is 0 Å². The second-order valence-corrected chi connectivity index (χ2v) is 8.61. The van der Waals surface area contributed by atoms with E-state index in [9.17, 15) is 4.79 Å². The molecule has 1 aromatic heterocycles. The summed E-state index contributed by atoms with van der Waals surface area (Å²) in [6.07, 6.45) is 7.13. The molecule has 3 heterocycles. The van der Waals surface area contributed by atoms with E-state index in [0.29, 0.717) is 24.5 Å². The van der Waals surface area contributed by atoms with Gasteiger partial charge < -0.3 is 19.7 Å². The summed E-state index contributed by atoms with van der Waals surface area (Å²) in [7, 11) is 1.77. The zero-order valence-electron chi connectivity index (χ0n) is 19.0. The summed E-state index contributed by atoms with van der Waals surface area (Å²) in [5.41, 5.74) is 2.67. The number of hydrogen-bond acceptors (Lipinski definition) is 7. The van der Waals surface area contributed by atoms with E-state index in [4.69, 9.17) is 21.2 Å². The van der Waals surface area contributed by atoms with Gasteiger partial charge in [0.05, 0.1) is 24.8 Å². The Morgan fingerprint density at radius 1 is 1.33 bits per heavy atom. The van der Waals surface area contributed by atoms with E-state index in [0.717, 1.165) is 54.4 Å². The van der Waals surface area contributed by atoms with Crippen LogP contribution in [0.3, 0.4) is 0 Å². The number of hydrogen-bond donors (Lipinski definition) is 1. The summed E-state index contributed by atoms with van der Waals surface area (Å²) in [5, 5.41) is 15.1. The summed E-state index contributed by atoms with van der Waals surface area (Å²) in [6, 6.07) is 9.44. The maximum atomic E-state index is 12.6. The van der Waals surface area contributed by atoms with Gasteiger partial charge in [-0.2, -0.15) is 5.10 Å². The lowest BCUT2D eigenvalue weighted by atomic mass is 10.0. The van der Waals surface area contributed by atoms with Gasteiger partial charge in [0.15, 0.2) is 0 Å². The van der Waals surface area contributed by atoms with Gasteiger partial charge >= 0.3 is 0 Å². The lowest BCUT2D eigenvalue weighted by Crippen LogP contribution is -2.44. The quantitative estimate of drug-likeness (QED) is 0.447. The maximum absolute atomic E-state index is 12.6. The molecule has 2 aliphatic heterocycles. The van der Waals surface area contributed by atoms with E-state index in [1.165, 1.54) is 0 Å². The first kappa shape index (κ1) is 23.0. The smallest absolute Gasteiger partial charge is 0.223 e. The molecule has 2 aliphatic rings. The van der Waals surface area contributed by atoms with Crippen molar-refractivity contribution in [3.8, 4) is 0 Å². The minimum absolute atomic E-state index is 0.113. The van der Waals surface area contributed by atoms with Crippen LogP contribution in [-0.4, -0.2) is 59.1 Å². The van der Waals surface area contributed by atoms with Gasteiger partial charge in [0.25, 0.3) is 0 Å². The van der Waals surface area contributed by atoms with Crippen molar-refractivity contribution in [3.63, 3.8) is 0 Å². The Hall–Kier alpha value is -3.13. The van der Waals surface area contributed by atoms with E-state index < -0.39 is 0 Å². The van der Waals surface area contributed by atoms with Gasteiger partial charge in [-0.25, -0.2) is 5.01 Å². The normalized spacial score (nSPS) is 19.1. The van der Waals surface area contributed by atoms with Crippen molar-refractivity contribution >= 4 is 29.4 Å². The van der Waals surface area contributed by atoms with Gasteiger partial charge in [-0.05, 0) is 50.6 Å². The number of halogens is 1. The molecule has 0 bridgehead atoms. The van der Waals surface area contributed by atoms with Crippen LogP contribution in [-0.2, 0) is 11.3 Å². The van der Waals surface area contributed by atoms with E-state index in [1.807, 2.05) is 53.4 Å². The molecular weight excluding hydrogens is 440 g/mol. The fraction of sp³-hybridized carbons (Fsp3) is 0.417. The topological polar surface area (TPSA) is 86.3 Å². The molecule has 1 aromatic carbocycles. The van der Waals surface area contributed by atoms with Crippen LogP contribution in [0.5, 0.6) is 0 Å². The van der Waals surface area contributed by atoms with Crippen LogP contribution in [0, 0.1) is 6.92 Å². The number of nitrogens with one attached hydrogen (secondary N) is 1. The Labute approximate surface area is 199 Å².